The first kappa shape index (κ1) is 55.5. The Kier molecular flexibility index (Phi) is 43.7. The fourth-order valence-corrected chi connectivity index (χ4v) is 8.49. The van der Waals surface area contributed by atoms with E-state index in [1.807, 2.05) is 0 Å². The molecule has 1 unspecified atom stereocenters. The smallest absolute Gasteiger partial charge is 0.391 e. The molecule has 0 saturated heterocycles. The first-order valence-corrected chi connectivity index (χ1v) is 26.1. The Balaban J connectivity index is 3.88. The van der Waals surface area contributed by atoms with Gasteiger partial charge in [0, 0.05) is 13.0 Å². The van der Waals surface area contributed by atoms with E-state index in [9.17, 15) is 19.4 Å². The summed E-state index contributed by atoms with van der Waals surface area (Å²) >= 11 is 0. The molecule has 0 heterocycles. The summed E-state index contributed by atoms with van der Waals surface area (Å²) in [6.45, 7) is 4.23. The molecule has 0 aliphatic carbocycles. The van der Waals surface area contributed by atoms with Gasteiger partial charge in [0.1, 0.15) is 0 Å². The SMILES string of the molecule is CCCCCCCCCCCCCCCCCCCCCCCCCCCCC(=O)N[C@@H](COP(=O)(O)OCCN)[C@H](O)CCCCCCCCCCCCC. The Hall–Kier alpha value is -0.500. The molecule has 0 aromatic rings. The molecule has 1 amide bonds. The standard InChI is InChI=1S/C47H97N2O6P/c1-3-5-7-9-11-13-15-16-17-18-19-20-21-22-23-24-25-26-27-28-29-31-33-35-37-39-41-47(51)49-45(44-55-56(52,53)54-43-42-48)46(50)40-38-36-34-32-30-14-12-10-8-6-4-2/h45-46,50H,3-44,48H2,1-2H3,(H,49,51)(H,52,53)/t45-,46+/m0/s1. The molecular formula is C47H97N2O6P. The lowest BCUT2D eigenvalue weighted by Gasteiger charge is -2.25. The van der Waals surface area contributed by atoms with E-state index in [0.717, 1.165) is 38.5 Å². The van der Waals surface area contributed by atoms with Crippen molar-refractivity contribution in [3.8, 4) is 0 Å². The fraction of sp³-hybridized carbons (Fsp3) is 0.979. The van der Waals surface area contributed by atoms with Crippen molar-refractivity contribution in [3.63, 3.8) is 0 Å². The predicted octanol–water partition coefficient (Wildman–Crippen LogP) is 14.2. The molecule has 3 atom stereocenters. The van der Waals surface area contributed by atoms with Gasteiger partial charge in [0.2, 0.25) is 5.91 Å². The van der Waals surface area contributed by atoms with Crippen LogP contribution in [-0.2, 0) is 18.4 Å². The van der Waals surface area contributed by atoms with Crippen LogP contribution in [-0.4, -0.2) is 47.8 Å². The molecule has 0 bridgehead atoms. The Morgan fingerprint density at radius 1 is 0.518 bits per heavy atom. The number of carbonyl (C=O) groups excluding carboxylic acids is 1. The van der Waals surface area contributed by atoms with Crippen LogP contribution in [0.1, 0.15) is 264 Å². The number of unbranched alkanes of at least 4 members (excludes halogenated alkanes) is 35. The molecule has 0 aliphatic rings. The van der Waals surface area contributed by atoms with E-state index in [1.54, 1.807) is 0 Å². The highest BCUT2D eigenvalue weighted by atomic mass is 31.2. The molecule has 0 rings (SSSR count). The predicted molar refractivity (Wildman–Crippen MR) is 240 cm³/mol. The summed E-state index contributed by atoms with van der Waals surface area (Å²) in [6.07, 6.45) is 48.5. The van der Waals surface area contributed by atoms with E-state index in [4.69, 9.17) is 14.8 Å². The van der Waals surface area contributed by atoms with Crippen molar-refractivity contribution in [1.29, 1.82) is 0 Å². The number of aliphatic hydroxyl groups excluding tert-OH is 1. The minimum Gasteiger partial charge on any atom is -0.391 e. The van der Waals surface area contributed by atoms with Gasteiger partial charge in [-0.05, 0) is 12.8 Å². The summed E-state index contributed by atoms with van der Waals surface area (Å²) < 4.78 is 22.2. The van der Waals surface area contributed by atoms with Crippen LogP contribution in [0.25, 0.3) is 0 Å². The van der Waals surface area contributed by atoms with Gasteiger partial charge in [-0.15, -0.1) is 0 Å². The van der Waals surface area contributed by atoms with Crippen molar-refractivity contribution in [3.05, 3.63) is 0 Å². The number of rotatable bonds is 47. The molecule has 9 heteroatoms. The van der Waals surface area contributed by atoms with Gasteiger partial charge in [0.05, 0.1) is 25.4 Å². The van der Waals surface area contributed by atoms with Gasteiger partial charge in [0.25, 0.3) is 0 Å². The van der Waals surface area contributed by atoms with Crippen molar-refractivity contribution < 1.29 is 28.4 Å². The molecule has 0 aromatic carbocycles. The summed E-state index contributed by atoms with van der Waals surface area (Å²) in [5.74, 6) is -0.156. The average Bonchev–Trinajstić information content (AvgIpc) is 3.19. The van der Waals surface area contributed by atoms with E-state index in [0.29, 0.717) is 12.8 Å². The van der Waals surface area contributed by atoms with Crippen molar-refractivity contribution >= 4 is 13.7 Å². The Labute approximate surface area is 348 Å². The molecule has 0 spiro atoms. The third-order valence-electron chi connectivity index (χ3n) is 11.5. The summed E-state index contributed by atoms with van der Waals surface area (Å²) in [5.41, 5.74) is 5.38. The van der Waals surface area contributed by atoms with Crippen molar-refractivity contribution in [2.75, 3.05) is 19.8 Å². The summed E-state index contributed by atoms with van der Waals surface area (Å²) in [4.78, 5) is 22.8. The second-order valence-electron chi connectivity index (χ2n) is 17.0. The second-order valence-corrected chi connectivity index (χ2v) is 18.5. The highest BCUT2D eigenvalue weighted by Gasteiger charge is 2.27. The Morgan fingerprint density at radius 3 is 1.14 bits per heavy atom. The van der Waals surface area contributed by atoms with Crippen molar-refractivity contribution in [2.45, 2.75) is 276 Å². The number of nitrogens with two attached hydrogens (primary N) is 1. The van der Waals surface area contributed by atoms with Crippen LogP contribution < -0.4 is 11.1 Å². The zero-order valence-electron chi connectivity index (χ0n) is 37.4. The van der Waals surface area contributed by atoms with Gasteiger partial charge in [-0.3, -0.25) is 13.8 Å². The van der Waals surface area contributed by atoms with Crippen LogP contribution in [0, 0.1) is 0 Å². The topological polar surface area (TPSA) is 131 Å². The summed E-state index contributed by atoms with van der Waals surface area (Å²) in [5, 5.41) is 13.8. The number of nitrogens with one attached hydrogen (secondary N) is 1. The van der Waals surface area contributed by atoms with Crippen LogP contribution >= 0.6 is 7.82 Å². The molecule has 0 saturated carbocycles. The summed E-state index contributed by atoms with van der Waals surface area (Å²) in [6, 6.07) is -0.767. The highest BCUT2D eigenvalue weighted by Crippen LogP contribution is 2.43. The largest absolute Gasteiger partial charge is 0.472 e. The number of hydrogen-bond acceptors (Lipinski definition) is 6. The lowest BCUT2D eigenvalue weighted by atomic mass is 10.0. The van der Waals surface area contributed by atoms with Crippen LogP contribution in [0.15, 0.2) is 0 Å². The van der Waals surface area contributed by atoms with E-state index >= 15 is 0 Å². The van der Waals surface area contributed by atoms with Gasteiger partial charge in [-0.25, -0.2) is 4.57 Å². The van der Waals surface area contributed by atoms with E-state index < -0.39 is 20.0 Å². The maximum absolute atomic E-state index is 12.8. The van der Waals surface area contributed by atoms with E-state index in [-0.39, 0.29) is 25.7 Å². The van der Waals surface area contributed by atoms with Gasteiger partial charge in [0.15, 0.2) is 0 Å². The maximum atomic E-state index is 12.8. The van der Waals surface area contributed by atoms with Gasteiger partial charge < -0.3 is 21.1 Å². The number of phosphoric acid groups is 1. The van der Waals surface area contributed by atoms with Gasteiger partial charge in [-0.1, -0.05) is 245 Å². The van der Waals surface area contributed by atoms with Crippen molar-refractivity contribution in [2.24, 2.45) is 5.73 Å². The van der Waals surface area contributed by atoms with Gasteiger partial charge in [-0.2, -0.15) is 0 Å². The van der Waals surface area contributed by atoms with Crippen LogP contribution in [0.5, 0.6) is 0 Å². The van der Waals surface area contributed by atoms with Crippen LogP contribution in [0.2, 0.25) is 0 Å². The van der Waals surface area contributed by atoms with Gasteiger partial charge >= 0.3 is 7.82 Å². The first-order valence-electron chi connectivity index (χ1n) is 24.7. The van der Waals surface area contributed by atoms with Crippen molar-refractivity contribution in [1.82, 2.24) is 5.32 Å². The van der Waals surface area contributed by atoms with E-state index in [1.165, 1.54) is 199 Å². The minimum absolute atomic E-state index is 0.0924. The maximum Gasteiger partial charge on any atom is 0.472 e. The third-order valence-corrected chi connectivity index (χ3v) is 12.4. The Morgan fingerprint density at radius 2 is 0.821 bits per heavy atom. The molecule has 0 fully saturated rings. The normalized spacial score (nSPS) is 13.9. The number of amides is 1. The molecule has 5 N–H and O–H groups in total. The monoisotopic (exact) mass is 817 g/mol. The molecule has 8 nitrogen and oxygen atoms in total. The third kappa shape index (κ3) is 41.7. The lowest BCUT2D eigenvalue weighted by molar-refractivity contribution is -0.123. The molecule has 0 radical (unpaired) electrons. The molecule has 56 heavy (non-hydrogen) atoms. The number of hydrogen-bond donors (Lipinski definition) is 4. The lowest BCUT2D eigenvalue weighted by Crippen LogP contribution is -2.46. The minimum atomic E-state index is -4.31. The average molecular weight is 817 g/mol. The number of aliphatic hydroxyl groups is 1. The van der Waals surface area contributed by atoms with Crippen LogP contribution in [0.4, 0.5) is 0 Å². The fourth-order valence-electron chi connectivity index (χ4n) is 7.73. The van der Waals surface area contributed by atoms with E-state index in [2.05, 4.69) is 19.2 Å². The zero-order chi connectivity index (χ0) is 41.1. The zero-order valence-corrected chi connectivity index (χ0v) is 38.3. The Bertz CT molecular complexity index is 849. The van der Waals surface area contributed by atoms with Crippen LogP contribution in [0.3, 0.4) is 0 Å². The quantitative estimate of drug-likeness (QED) is 0.0355. The molecular weight excluding hydrogens is 719 g/mol. The summed E-state index contributed by atoms with van der Waals surface area (Å²) in [7, 11) is -4.31. The molecule has 336 valence electrons. The number of phosphoric ester groups is 1. The molecule has 0 aromatic heterocycles. The molecule has 0 aliphatic heterocycles. The first-order chi connectivity index (χ1) is 27.4. The highest BCUT2D eigenvalue weighted by molar-refractivity contribution is 7.47. The number of carbonyl (C=O) groups is 1. The second kappa shape index (κ2) is 44.1.